The van der Waals surface area contributed by atoms with Gasteiger partial charge in [-0.05, 0) is 54.1 Å². The van der Waals surface area contributed by atoms with E-state index in [0.29, 0.717) is 16.1 Å². The molecular formula is C24H16ClN3O6. The molecule has 1 N–H and O–H groups in total. The van der Waals surface area contributed by atoms with Crippen LogP contribution in [0.5, 0.6) is 11.5 Å². The second-order valence-electron chi connectivity index (χ2n) is 6.73. The average molecular weight is 478 g/mol. The molecule has 10 heteroatoms. The lowest BCUT2D eigenvalue weighted by atomic mass is 10.1. The van der Waals surface area contributed by atoms with E-state index in [1.54, 1.807) is 36.4 Å². The van der Waals surface area contributed by atoms with E-state index in [2.05, 4.69) is 5.32 Å². The standard InChI is InChI=1S/C24H16ClN3O6/c1-33-22-10-9-19(28(31)32)13-21(22)27-23(29)17(14-26)11-15-3-2-4-20(12-15)34-24(30)16-5-7-18(25)8-6-16/h2-13H,1H3,(H,27,29)/b17-11+. The summed E-state index contributed by atoms with van der Waals surface area (Å²) < 4.78 is 10.5. The monoisotopic (exact) mass is 477 g/mol. The Morgan fingerprint density at radius 3 is 2.50 bits per heavy atom. The number of amides is 1. The number of rotatable bonds is 7. The first-order valence-electron chi connectivity index (χ1n) is 9.64. The first-order chi connectivity index (χ1) is 16.3. The van der Waals surface area contributed by atoms with Gasteiger partial charge in [-0.25, -0.2) is 4.79 Å². The maximum atomic E-state index is 12.6. The lowest BCUT2D eigenvalue weighted by Crippen LogP contribution is -2.14. The van der Waals surface area contributed by atoms with Crippen molar-refractivity contribution in [1.82, 2.24) is 0 Å². The van der Waals surface area contributed by atoms with Gasteiger partial charge < -0.3 is 14.8 Å². The lowest BCUT2D eigenvalue weighted by molar-refractivity contribution is -0.384. The van der Waals surface area contributed by atoms with Gasteiger partial charge in [0.15, 0.2) is 0 Å². The summed E-state index contributed by atoms with van der Waals surface area (Å²) >= 11 is 5.82. The van der Waals surface area contributed by atoms with Gasteiger partial charge in [0, 0.05) is 17.2 Å². The Kier molecular flexibility index (Phi) is 7.59. The van der Waals surface area contributed by atoms with Crippen LogP contribution in [0.25, 0.3) is 6.08 Å². The third-order valence-corrected chi connectivity index (χ3v) is 4.72. The number of hydrogen-bond acceptors (Lipinski definition) is 7. The number of carbonyl (C=O) groups excluding carboxylic acids is 2. The van der Waals surface area contributed by atoms with Crippen LogP contribution in [-0.4, -0.2) is 23.9 Å². The summed E-state index contributed by atoms with van der Waals surface area (Å²) in [7, 11) is 1.34. The predicted octanol–water partition coefficient (Wildman–Crippen LogP) is 5.02. The Labute approximate surface area is 198 Å². The summed E-state index contributed by atoms with van der Waals surface area (Å²) in [5.41, 5.74) is 0.212. The average Bonchev–Trinajstić information content (AvgIpc) is 2.83. The van der Waals surface area contributed by atoms with Gasteiger partial charge >= 0.3 is 5.97 Å². The summed E-state index contributed by atoms with van der Waals surface area (Å²) in [6, 6.07) is 17.9. The molecule has 34 heavy (non-hydrogen) atoms. The van der Waals surface area contributed by atoms with E-state index in [1.807, 2.05) is 0 Å². The summed E-state index contributed by atoms with van der Waals surface area (Å²) in [6.07, 6.45) is 1.29. The highest BCUT2D eigenvalue weighted by molar-refractivity contribution is 6.30. The van der Waals surface area contributed by atoms with Crippen molar-refractivity contribution in [2.45, 2.75) is 0 Å². The van der Waals surface area contributed by atoms with Gasteiger partial charge in [-0.2, -0.15) is 5.26 Å². The Hall–Kier alpha value is -4.68. The molecular weight excluding hydrogens is 462 g/mol. The first-order valence-corrected chi connectivity index (χ1v) is 10.0. The molecule has 0 saturated carbocycles. The van der Waals surface area contributed by atoms with E-state index >= 15 is 0 Å². The Morgan fingerprint density at radius 2 is 1.85 bits per heavy atom. The molecule has 0 aromatic heterocycles. The minimum atomic E-state index is -0.801. The number of nitriles is 1. The summed E-state index contributed by atoms with van der Waals surface area (Å²) in [6.45, 7) is 0. The van der Waals surface area contributed by atoms with Crippen LogP contribution in [0.15, 0.2) is 72.3 Å². The van der Waals surface area contributed by atoms with Gasteiger partial charge in [-0.3, -0.25) is 14.9 Å². The quantitative estimate of drug-likeness (QED) is 0.126. The summed E-state index contributed by atoms with van der Waals surface area (Å²) in [4.78, 5) is 35.4. The molecule has 0 heterocycles. The number of nitrogens with one attached hydrogen (secondary N) is 1. The normalized spacial score (nSPS) is 10.7. The zero-order valence-electron chi connectivity index (χ0n) is 17.7. The Balaban J connectivity index is 1.80. The van der Waals surface area contributed by atoms with Gasteiger partial charge in [-0.15, -0.1) is 0 Å². The van der Waals surface area contributed by atoms with Gasteiger partial charge in [-0.1, -0.05) is 23.7 Å². The summed E-state index contributed by atoms with van der Waals surface area (Å²) in [5, 5.41) is 23.4. The molecule has 3 rings (SSSR count). The topological polar surface area (TPSA) is 132 Å². The molecule has 9 nitrogen and oxygen atoms in total. The molecule has 0 fully saturated rings. The van der Waals surface area contributed by atoms with Crippen molar-refractivity contribution in [1.29, 1.82) is 5.26 Å². The van der Waals surface area contributed by atoms with Gasteiger partial charge in [0.2, 0.25) is 0 Å². The van der Waals surface area contributed by atoms with Crippen LogP contribution in [0.4, 0.5) is 11.4 Å². The molecule has 0 aliphatic heterocycles. The number of nitro groups is 1. The van der Waals surface area contributed by atoms with Crippen LogP contribution in [0.1, 0.15) is 15.9 Å². The van der Waals surface area contributed by atoms with E-state index in [1.165, 1.54) is 43.5 Å². The van der Waals surface area contributed by atoms with Crippen molar-refractivity contribution in [2.24, 2.45) is 0 Å². The second-order valence-corrected chi connectivity index (χ2v) is 7.17. The third kappa shape index (κ3) is 5.97. The number of hydrogen-bond donors (Lipinski definition) is 1. The molecule has 0 atom stereocenters. The van der Waals surface area contributed by atoms with Crippen LogP contribution in [-0.2, 0) is 4.79 Å². The van der Waals surface area contributed by atoms with E-state index in [9.17, 15) is 25.0 Å². The minimum absolute atomic E-state index is 0.0356. The Morgan fingerprint density at radius 1 is 1.12 bits per heavy atom. The first kappa shape index (κ1) is 24.0. The van der Waals surface area contributed by atoms with Crippen LogP contribution in [0, 0.1) is 21.4 Å². The highest BCUT2D eigenvalue weighted by Gasteiger charge is 2.16. The number of nitrogens with zero attached hydrogens (tertiary/aromatic N) is 2. The van der Waals surface area contributed by atoms with Crippen molar-refractivity contribution < 1.29 is 24.0 Å². The predicted molar refractivity (Wildman–Crippen MR) is 125 cm³/mol. The number of carbonyl (C=O) groups is 2. The molecule has 1 amide bonds. The smallest absolute Gasteiger partial charge is 0.343 e. The number of anilines is 1. The molecule has 0 bridgehead atoms. The third-order valence-electron chi connectivity index (χ3n) is 4.47. The molecule has 0 unspecified atom stereocenters. The molecule has 170 valence electrons. The largest absolute Gasteiger partial charge is 0.495 e. The number of benzene rings is 3. The number of non-ortho nitro benzene ring substituents is 1. The number of ether oxygens (including phenoxy) is 2. The molecule has 0 aliphatic rings. The van der Waals surface area contributed by atoms with Crippen molar-refractivity contribution in [3.63, 3.8) is 0 Å². The molecule has 0 saturated heterocycles. The van der Waals surface area contributed by atoms with E-state index < -0.39 is 16.8 Å². The molecule has 3 aromatic carbocycles. The number of halogens is 1. The van der Waals surface area contributed by atoms with E-state index in [0.717, 1.165) is 6.07 Å². The van der Waals surface area contributed by atoms with E-state index in [-0.39, 0.29) is 28.4 Å². The Bertz CT molecular complexity index is 1330. The van der Waals surface area contributed by atoms with Crippen molar-refractivity contribution in [3.05, 3.63) is 98.6 Å². The van der Waals surface area contributed by atoms with E-state index in [4.69, 9.17) is 21.1 Å². The van der Waals surface area contributed by atoms with Crippen molar-refractivity contribution >= 4 is 40.9 Å². The molecule has 0 spiro atoms. The van der Waals surface area contributed by atoms with Gasteiger partial charge in [0.25, 0.3) is 11.6 Å². The van der Waals surface area contributed by atoms with Gasteiger partial charge in [0.1, 0.15) is 23.1 Å². The zero-order chi connectivity index (χ0) is 24.7. The fraction of sp³-hybridized carbons (Fsp3) is 0.0417. The highest BCUT2D eigenvalue weighted by atomic mass is 35.5. The lowest BCUT2D eigenvalue weighted by Gasteiger charge is -2.09. The second kappa shape index (κ2) is 10.8. The minimum Gasteiger partial charge on any atom is -0.495 e. The number of methoxy groups -OCH3 is 1. The molecule has 0 aliphatic carbocycles. The van der Waals surface area contributed by atoms with Crippen molar-refractivity contribution in [3.8, 4) is 17.6 Å². The van der Waals surface area contributed by atoms with Crippen LogP contribution in [0.3, 0.4) is 0 Å². The molecule has 0 radical (unpaired) electrons. The highest BCUT2D eigenvalue weighted by Crippen LogP contribution is 2.29. The number of nitro benzene ring substituents is 1. The van der Waals surface area contributed by atoms with Crippen molar-refractivity contribution in [2.75, 3.05) is 12.4 Å². The van der Waals surface area contributed by atoms with Crippen LogP contribution in [0.2, 0.25) is 5.02 Å². The van der Waals surface area contributed by atoms with Crippen LogP contribution >= 0.6 is 11.6 Å². The maximum absolute atomic E-state index is 12.6. The van der Waals surface area contributed by atoms with Crippen LogP contribution < -0.4 is 14.8 Å². The maximum Gasteiger partial charge on any atom is 0.343 e. The zero-order valence-corrected chi connectivity index (χ0v) is 18.4. The van der Waals surface area contributed by atoms with Gasteiger partial charge in [0.05, 0.1) is 23.3 Å². The fourth-order valence-electron chi connectivity index (χ4n) is 2.83. The number of esters is 1. The fourth-order valence-corrected chi connectivity index (χ4v) is 2.96. The summed E-state index contributed by atoms with van der Waals surface area (Å²) in [5.74, 6) is -1.02. The molecule has 3 aromatic rings. The SMILES string of the molecule is COc1ccc([N+](=O)[O-])cc1NC(=O)/C(C#N)=C/c1cccc(OC(=O)c2ccc(Cl)cc2)c1.